The highest BCUT2D eigenvalue weighted by Gasteiger charge is 2.29. The van der Waals surface area contributed by atoms with Crippen LogP contribution < -0.4 is 9.47 Å². The SMILES string of the molecule is C[C@H]1CCC[C@H](C)N1C(=O)CSc1nnc(-c2ccc3c(c2)OCCCO3)n1C. The molecule has 1 saturated heterocycles. The molecule has 2 atom stereocenters. The molecule has 0 unspecified atom stereocenters. The fraction of sp³-hybridized carbons (Fsp3) is 0.571. The Morgan fingerprint density at radius 2 is 1.83 bits per heavy atom. The van der Waals surface area contributed by atoms with E-state index in [2.05, 4.69) is 24.0 Å². The zero-order valence-electron chi connectivity index (χ0n) is 17.3. The molecule has 2 aliphatic heterocycles. The number of ether oxygens (including phenoxy) is 2. The van der Waals surface area contributed by atoms with E-state index >= 15 is 0 Å². The summed E-state index contributed by atoms with van der Waals surface area (Å²) in [5.74, 6) is 2.80. The van der Waals surface area contributed by atoms with Crippen LogP contribution in [0.3, 0.4) is 0 Å². The molecule has 1 fully saturated rings. The molecule has 29 heavy (non-hydrogen) atoms. The van der Waals surface area contributed by atoms with Crippen molar-refractivity contribution in [3.63, 3.8) is 0 Å². The van der Waals surface area contributed by atoms with Gasteiger partial charge in [-0.25, -0.2) is 0 Å². The first-order valence-electron chi connectivity index (χ1n) is 10.3. The van der Waals surface area contributed by atoms with Crippen molar-refractivity contribution in [3.8, 4) is 22.9 Å². The molecule has 0 radical (unpaired) electrons. The van der Waals surface area contributed by atoms with Crippen LogP contribution >= 0.6 is 11.8 Å². The van der Waals surface area contributed by atoms with E-state index in [0.29, 0.717) is 31.1 Å². The van der Waals surface area contributed by atoms with Gasteiger partial charge in [0.15, 0.2) is 22.5 Å². The zero-order valence-corrected chi connectivity index (χ0v) is 18.1. The molecule has 156 valence electrons. The van der Waals surface area contributed by atoms with Crippen LogP contribution in [0, 0.1) is 0 Å². The first-order chi connectivity index (χ1) is 14.0. The van der Waals surface area contributed by atoms with Gasteiger partial charge in [-0.05, 0) is 51.3 Å². The molecule has 0 N–H and O–H groups in total. The normalized spacial score (nSPS) is 21.7. The summed E-state index contributed by atoms with van der Waals surface area (Å²) in [6.45, 7) is 5.59. The average molecular weight is 417 g/mol. The minimum Gasteiger partial charge on any atom is -0.490 e. The first-order valence-corrected chi connectivity index (χ1v) is 11.3. The molecule has 1 aromatic carbocycles. The summed E-state index contributed by atoms with van der Waals surface area (Å²) < 4.78 is 13.4. The molecule has 3 heterocycles. The van der Waals surface area contributed by atoms with Crippen molar-refractivity contribution in [3.05, 3.63) is 18.2 Å². The highest BCUT2D eigenvalue weighted by atomic mass is 32.2. The number of piperidine rings is 1. The van der Waals surface area contributed by atoms with E-state index in [4.69, 9.17) is 9.47 Å². The van der Waals surface area contributed by atoms with Gasteiger partial charge in [0.1, 0.15) is 0 Å². The quantitative estimate of drug-likeness (QED) is 0.711. The fourth-order valence-corrected chi connectivity index (χ4v) is 4.89. The van der Waals surface area contributed by atoms with E-state index in [1.54, 1.807) is 0 Å². The molecule has 4 rings (SSSR count). The molecular weight excluding hydrogens is 388 g/mol. The van der Waals surface area contributed by atoms with Gasteiger partial charge in [0.25, 0.3) is 0 Å². The third kappa shape index (κ3) is 4.22. The van der Waals surface area contributed by atoms with E-state index in [9.17, 15) is 4.79 Å². The lowest BCUT2D eigenvalue weighted by molar-refractivity contribution is -0.134. The second-order valence-corrected chi connectivity index (χ2v) is 8.74. The summed E-state index contributed by atoms with van der Waals surface area (Å²) in [7, 11) is 1.93. The molecule has 7 nitrogen and oxygen atoms in total. The molecule has 2 aromatic rings. The van der Waals surface area contributed by atoms with Gasteiger partial charge in [-0.2, -0.15) is 0 Å². The van der Waals surface area contributed by atoms with Gasteiger partial charge in [-0.1, -0.05) is 11.8 Å². The Labute approximate surface area is 175 Å². The van der Waals surface area contributed by atoms with Crippen LogP contribution in [0.1, 0.15) is 39.5 Å². The Hall–Kier alpha value is -2.22. The Bertz CT molecular complexity index is 875. The van der Waals surface area contributed by atoms with Crippen LogP contribution in [-0.2, 0) is 11.8 Å². The van der Waals surface area contributed by atoms with Crippen molar-refractivity contribution in [1.29, 1.82) is 0 Å². The van der Waals surface area contributed by atoms with Crippen LogP contribution in [0.5, 0.6) is 11.5 Å². The van der Waals surface area contributed by atoms with E-state index in [-0.39, 0.29) is 5.91 Å². The fourth-order valence-electron chi connectivity index (χ4n) is 4.11. The summed E-state index contributed by atoms with van der Waals surface area (Å²) in [5.41, 5.74) is 0.917. The zero-order chi connectivity index (χ0) is 20.4. The van der Waals surface area contributed by atoms with Crippen molar-refractivity contribution in [2.75, 3.05) is 19.0 Å². The standard InChI is InChI=1S/C21H28N4O3S/c1-14-6-4-7-15(2)25(14)19(26)13-29-21-23-22-20(24(21)3)16-8-9-17-18(12-16)28-11-5-10-27-17/h8-9,12,14-15H,4-7,10-11,13H2,1-3H3/t14-,15-/m0/s1. The third-order valence-corrected chi connectivity index (χ3v) is 6.65. The molecule has 0 aliphatic carbocycles. The van der Waals surface area contributed by atoms with E-state index in [1.807, 2.05) is 34.7 Å². The van der Waals surface area contributed by atoms with Crippen LogP contribution in [-0.4, -0.2) is 56.6 Å². The number of carbonyl (C=O) groups is 1. The molecule has 2 aliphatic rings. The summed E-state index contributed by atoms with van der Waals surface area (Å²) in [5, 5.41) is 9.39. The Kier molecular flexibility index (Phi) is 5.99. The van der Waals surface area contributed by atoms with Crippen molar-refractivity contribution in [1.82, 2.24) is 19.7 Å². The maximum Gasteiger partial charge on any atom is 0.233 e. The van der Waals surface area contributed by atoms with Crippen molar-refractivity contribution >= 4 is 17.7 Å². The van der Waals surface area contributed by atoms with Gasteiger partial charge < -0.3 is 18.9 Å². The van der Waals surface area contributed by atoms with Crippen LogP contribution in [0.15, 0.2) is 23.4 Å². The third-order valence-electron chi connectivity index (χ3n) is 5.65. The maximum atomic E-state index is 12.8. The number of rotatable bonds is 4. The number of thioether (sulfide) groups is 1. The summed E-state index contributed by atoms with van der Waals surface area (Å²) in [6.07, 6.45) is 4.23. The minimum absolute atomic E-state index is 0.176. The molecule has 0 bridgehead atoms. The van der Waals surface area contributed by atoms with Crippen LogP contribution in [0.2, 0.25) is 0 Å². The number of aromatic nitrogens is 3. The molecular formula is C21H28N4O3S. The van der Waals surface area contributed by atoms with Crippen LogP contribution in [0.4, 0.5) is 0 Å². The number of carbonyl (C=O) groups excluding carboxylic acids is 1. The lowest BCUT2D eigenvalue weighted by atomic mass is 9.98. The summed E-state index contributed by atoms with van der Waals surface area (Å²) in [6, 6.07) is 6.45. The van der Waals surface area contributed by atoms with Gasteiger partial charge in [0.05, 0.1) is 19.0 Å². The molecule has 1 aromatic heterocycles. The van der Waals surface area contributed by atoms with E-state index in [1.165, 1.54) is 18.2 Å². The highest BCUT2D eigenvalue weighted by molar-refractivity contribution is 7.99. The number of fused-ring (bicyclic) bond motifs is 1. The molecule has 0 saturated carbocycles. The minimum atomic E-state index is 0.176. The number of hydrogen-bond donors (Lipinski definition) is 0. The lowest BCUT2D eigenvalue weighted by Gasteiger charge is -2.39. The van der Waals surface area contributed by atoms with Gasteiger partial charge >= 0.3 is 0 Å². The monoisotopic (exact) mass is 416 g/mol. The molecule has 8 heteroatoms. The lowest BCUT2D eigenvalue weighted by Crippen LogP contribution is -2.48. The van der Waals surface area contributed by atoms with E-state index < -0.39 is 0 Å². The maximum absolute atomic E-state index is 12.8. The highest BCUT2D eigenvalue weighted by Crippen LogP contribution is 2.34. The van der Waals surface area contributed by atoms with Gasteiger partial charge in [0.2, 0.25) is 5.91 Å². The Morgan fingerprint density at radius 1 is 1.10 bits per heavy atom. The number of likely N-dealkylation sites (tertiary alicyclic amines) is 1. The predicted octanol–water partition coefficient (Wildman–Crippen LogP) is 3.53. The predicted molar refractivity (Wildman–Crippen MR) is 112 cm³/mol. The molecule has 0 spiro atoms. The largest absolute Gasteiger partial charge is 0.490 e. The molecule has 1 amide bonds. The first kappa shape index (κ1) is 20.1. The van der Waals surface area contributed by atoms with Gasteiger partial charge in [-0.15, -0.1) is 10.2 Å². The summed E-state index contributed by atoms with van der Waals surface area (Å²) in [4.78, 5) is 14.8. The number of amides is 1. The van der Waals surface area contributed by atoms with E-state index in [0.717, 1.165) is 47.3 Å². The second-order valence-electron chi connectivity index (χ2n) is 7.80. The van der Waals surface area contributed by atoms with Gasteiger partial charge in [-0.3, -0.25) is 4.79 Å². The Balaban J connectivity index is 1.46. The number of hydrogen-bond acceptors (Lipinski definition) is 6. The smallest absolute Gasteiger partial charge is 0.233 e. The van der Waals surface area contributed by atoms with Crippen molar-refractivity contribution in [2.45, 2.75) is 56.8 Å². The van der Waals surface area contributed by atoms with Crippen molar-refractivity contribution in [2.24, 2.45) is 7.05 Å². The second kappa shape index (κ2) is 8.65. The topological polar surface area (TPSA) is 69.5 Å². The van der Waals surface area contributed by atoms with Crippen LogP contribution in [0.25, 0.3) is 11.4 Å². The number of nitrogens with zero attached hydrogens (tertiary/aromatic N) is 4. The average Bonchev–Trinajstić information content (AvgIpc) is 2.91. The van der Waals surface area contributed by atoms with Crippen molar-refractivity contribution < 1.29 is 14.3 Å². The summed E-state index contributed by atoms with van der Waals surface area (Å²) >= 11 is 1.44. The number of benzene rings is 1. The van der Waals surface area contributed by atoms with Gasteiger partial charge in [0, 0.05) is 31.1 Å². The Morgan fingerprint density at radius 3 is 2.59 bits per heavy atom.